The first-order valence-corrected chi connectivity index (χ1v) is 2.80. The molecule has 0 aromatic carbocycles. The summed E-state index contributed by atoms with van der Waals surface area (Å²) in [6, 6.07) is 0.489. The van der Waals surface area contributed by atoms with Gasteiger partial charge in [-0.25, -0.2) is 0 Å². The minimum Gasteiger partial charge on any atom is -0.330 e. The smallest absolute Gasteiger partial charge is 0.00714 e. The monoisotopic (exact) mass is 100 g/mol. The van der Waals surface area contributed by atoms with Gasteiger partial charge in [0.05, 0.1) is 0 Å². The van der Waals surface area contributed by atoms with E-state index < -0.39 is 0 Å². The van der Waals surface area contributed by atoms with Gasteiger partial charge in [-0.3, -0.25) is 0 Å². The fourth-order valence-corrected chi connectivity index (χ4v) is 0.817. The van der Waals surface area contributed by atoms with Crippen molar-refractivity contribution in [1.82, 2.24) is 0 Å². The first-order valence-electron chi connectivity index (χ1n) is 2.80. The Morgan fingerprint density at radius 2 is 2.14 bits per heavy atom. The molecule has 0 amide bonds. The quantitative estimate of drug-likeness (QED) is 0.499. The van der Waals surface area contributed by atoms with Gasteiger partial charge in [-0.15, -0.1) is 0 Å². The summed E-state index contributed by atoms with van der Waals surface area (Å²) in [5.74, 6) is 0.769. The van der Waals surface area contributed by atoms with Gasteiger partial charge in [-0.05, 0) is 25.3 Å². The molecule has 2 heteroatoms. The predicted molar refractivity (Wildman–Crippen MR) is 29.8 cm³/mol. The Morgan fingerprint density at radius 1 is 1.57 bits per heavy atom. The van der Waals surface area contributed by atoms with Crippen molar-refractivity contribution in [2.45, 2.75) is 18.9 Å². The lowest BCUT2D eigenvalue weighted by molar-refractivity contribution is 0.710. The topological polar surface area (TPSA) is 52.0 Å². The molecule has 2 unspecified atom stereocenters. The Labute approximate surface area is 43.9 Å². The highest BCUT2D eigenvalue weighted by Gasteiger charge is 2.31. The molecule has 1 saturated carbocycles. The van der Waals surface area contributed by atoms with Crippen LogP contribution in [0.3, 0.4) is 0 Å². The average Bonchev–Trinajstić information content (AvgIpc) is 2.22. The molecule has 2 nitrogen and oxygen atoms in total. The minimum atomic E-state index is 0.489. The third kappa shape index (κ3) is 1.14. The van der Waals surface area contributed by atoms with E-state index in [1.165, 1.54) is 6.42 Å². The normalized spacial score (nSPS) is 38.6. The second-order valence-electron chi connectivity index (χ2n) is 2.24. The van der Waals surface area contributed by atoms with Gasteiger partial charge < -0.3 is 11.5 Å². The van der Waals surface area contributed by atoms with Crippen molar-refractivity contribution in [3.05, 3.63) is 0 Å². The van der Waals surface area contributed by atoms with E-state index >= 15 is 0 Å². The molecule has 4 N–H and O–H groups in total. The molecule has 0 aliphatic heterocycles. The van der Waals surface area contributed by atoms with E-state index in [9.17, 15) is 0 Å². The number of hydrogen-bond acceptors (Lipinski definition) is 2. The highest BCUT2D eigenvalue weighted by atomic mass is 14.7. The molecular formula is C5H12N2. The van der Waals surface area contributed by atoms with Crippen LogP contribution in [0.25, 0.3) is 0 Å². The second kappa shape index (κ2) is 1.80. The van der Waals surface area contributed by atoms with Gasteiger partial charge in [0.2, 0.25) is 0 Å². The predicted octanol–water partition coefficient (Wildman–Crippen LogP) is -0.318. The van der Waals surface area contributed by atoms with Crippen LogP contribution in [-0.4, -0.2) is 12.6 Å². The molecule has 0 bridgehead atoms. The Morgan fingerprint density at radius 3 is 2.29 bits per heavy atom. The van der Waals surface area contributed by atoms with Gasteiger partial charge in [0.1, 0.15) is 0 Å². The molecule has 1 aliphatic rings. The summed E-state index contributed by atoms with van der Waals surface area (Å²) in [4.78, 5) is 0. The fourth-order valence-electron chi connectivity index (χ4n) is 0.817. The van der Waals surface area contributed by atoms with Crippen LogP contribution in [0.4, 0.5) is 0 Å². The lowest BCUT2D eigenvalue weighted by Crippen LogP contribution is -2.06. The molecule has 0 saturated heterocycles. The van der Waals surface area contributed by atoms with Crippen molar-refractivity contribution >= 4 is 0 Å². The Kier molecular flexibility index (Phi) is 1.30. The maximum atomic E-state index is 5.50. The van der Waals surface area contributed by atoms with Crippen LogP contribution < -0.4 is 11.5 Å². The van der Waals surface area contributed by atoms with Crippen molar-refractivity contribution in [1.29, 1.82) is 0 Å². The van der Waals surface area contributed by atoms with Crippen molar-refractivity contribution in [3.8, 4) is 0 Å². The van der Waals surface area contributed by atoms with Crippen LogP contribution in [0, 0.1) is 5.92 Å². The SMILES string of the molecule is NCCC1CC1N. The molecule has 0 spiro atoms. The summed E-state index contributed by atoms with van der Waals surface area (Å²) in [5, 5.41) is 0. The Balaban J connectivity index is 1.98. The fraction of sp³-hybridized carbons (Fsp3) is 1.00. The molecule has 1 aliphatic carbocycles. The van der Waals surface area contributed by atoms with E-state index in [-0.39, 0.29) is 0 Å². The van der Waals surface area contributed by atoms with Gasteiger partial charge in [-0.2, -0.15) is 0 Å². The first-order chi connectivity index (χ1) is 3.34. The molecule has 0 aromatic heterocycles. The Hall–Kier alpha value is -0.0800. The van der Waals surface area contributed by atoms with Gasteiger partial charge in [-0.1, -0.05) is 0 Å². The lowest BCUT2D eigenvalue weighted by atomic mass is 10.3. The van der Waals surface area contributed by atoms with Gasteiger partial charge in [0.25, 0.3) is 0 Å². The zero-order chi connectivity index (χ0) is 5.28. The van der Waals surface area contributed by atoms with E-state index in [1.54, 1.807) is 0 Å². The molecule has 7 heavy (non-hydrogen) atoms. The maximum Gasteiger partial charge on any atom is 0.00714 e. The molecule has 0 radical (unpaired) electrons. The maximum absolute atomic E-state index is 5.50. The molecule has 2 atom stereocenters. The lowest BCUT2D eigenvalue weighted by Gasteiger charge is -1.87. The first kappa shape index (κ1) is 5.06. The average molecular weight is 100 g/mol. The van der Waals surface area contributed by atoms with Crippen molar-refractivity contribution in [2.75, 3.05) is 6.54 Å². The van der Waals surface area contributed by atoms with E-state index in [1.807, 2.05) is 0 Å². The zero-order valence-electron chi connectivity index (χ0n) is 4.43. The van der Waals surface area contributed by atoms with Crippen LogP contribution in [0.1, 0.15) is 12.8 Å². The van der Waals surface area contributed by atoms with Crippen LogP contribution in [0.15, 0.2) is 0 Å². The summed E-state index contributed by atoms with van der Waals surface area (Å²) in [6.07, 6.45) is 2.33. The molecule has 0 aromatic rings. The summed E-state index contributed by atoms with van der Waals surface area (Å²) in [6.45, 7) is 0.804. The summed E-state index contributed by atoms with van der Waals surface area (Å²) in [7, 11) is 0. The number of nitrogens with two attached hydrogens (primary N) is 2. The molecule has 0 heterocycles. The van der Waals surface area contributed by atoms with E-state index in [0.29, 0.717) is 6.04 Å². The van der Waals surface area contributed by atoms with E-state index in [2.05, 4.69) is 0 Å². The number of rotatable bonds is 2. The van der Waals surface area contributed by atoms with Crippen LogP contribution in [0.2, 0.25) is 0 Å². The zero-order valence-corrected chi connectivity index (χ0v) is 4.43. The summed E-state index contributed by atoms with van der Waals surface area (Å²) in [5.41, 5.74) is 10.8. The highest BCUT2D eigenvalue weighted by Crippen LogP contribution is 2.30. The standard InChI is InChI=1S/C5H12N2/c6-2-1-4-3-5(4)7/h4-5H,1-3,6-7H2. The second-order valence-corrected chi connectivity index (χ2v) is 2.24. The van der Waals surface area contributed by atoms with Crippen LogP contribution in [0.5, 0.6) is 0 Å². The van der Waals surface area contributed by atoms with E-state index in [4.69, 9.17) is 11.5 Å². The van der Waals surface area contributed by atoms with Gasteiger partial charge in [0.15, 0.2) is 0 Å². The molecular weight excluding hydrogens is 88.1 g/mol. The largest absolute Gasteiger partial charge is 0.330 e. The third-order valence-electron chi connectivity index (χ3n) is 1.51. The molecule has 1 fully saturated rings. The molecule has 1 rings (SSSR count). The molecule has 42 valence electrons. The van der Waals surface area contributed by atoms with E-state index in [0.717, 1.165) is 18.9 Å². The third-order valence-corrected chi connectivity index (χ3v) is 1.51. The Bertz CT molecular complexity index is 63.1. The summed E-state index contributed by atoms with van der Waals surface area (Å²) < 4.78 is 0. The van der Waals surface area contributed by atoms with Crippen molar-refractivity contribution in [2.24, 2.45) is 17.4 Å². The van der Waals surface area contributed by atoms with Gasteiger partial charge >= 0.3 is 0 Å². The summed E-state index contributed by atoms with van der Waals surface area (Å²) >= 11 is 0. The number of hydrogen-bond donors (Lipinski definition) is 2. The van der Waals surface area contributed by atoms with Crippen LogP contribution >= 0.6 is 0 Å². The van der Waals surface area contributed by atoms with Crippen LogP contribution in [-0.2, 0) is 0 Å². The van der Waals surface area contributed by atoms with Gasteiger partial charge in [0, 0.05) is 6.04 Å². The van der Waals surface area contributed by atoms with Crippen molar-refractivity contribution in [3.63, 3.8) is 0 Å². The highest BCUT2D eigenvalue weighted by molar-refractivity contribution is 4.89. The minimum absolute atomic E-state index is 0.489. The van der Waals surface area contributed by atoms with Crippen molar-refractivity contribution < 1.29 is 0 Å².